The first-order valence-electron chi connectivity index (χ1n) is 6.82. The van der Waals surface area contributed by atoms with Crippen LogP contribution in [0.2, 0.25) is 0 Å². The van der Waals surface area contributed by atoms with E-state index in [9.17, 15) is 4.79 Å². The Morgan fingerprint density at radius 3 is 2.72 bits per heavy atom. The summed E-state index contributed by atoms with van der Waals surface area (Å²) in [5.74, 6) is 0.00122. The molecule has 0 bridgehead atoms. The first kappa shape index (κ1) is 13.1. The highest BCUT2D eigenvalue weighted by Crippen LogP contribution is 2.22. The van der Waals surface area contributed by atoms with Crippen molar-refractivity contribution in [3.05, 3.63) is 34.9 Å². The van der Waals surface area contributed by atoms with Crippen LogP contribution in [-0.4, -0.2) is 24.2 Å². The number of aryl methyl sites for hydroxylation is 2. The van der Waals surface area contributed by atoms with Gasteiger partial charge in [-0.15, -0.1) is 0 Å². The molecule has 0 unspecified atom stereocenters. The molecule has 3 heteroatoms. The summed E-state index contributed by atoms with van der Waals surface area (Å²) in [6.45, 7) is 0.825. The molecule has 0 fully saturated rings. The van der Waals surface area contributed by atoms with E-state index in [1.54, 1.807) is 0 Å². The number of nitrogens with one attached hydrogen (secondary N) is 1. The van der Waals surface area contributed by atoms with Gasteiger partial charge in [0.2, 0.25) is 0 Å². The van der Waals surface area contributed by atoms with Gasteiger partial charge >= 0.3 is 0 Å². The van der Waals surface area contributed by atoms with Gasteiger partial charge in [-0.05, 0) is 61.8 Å². The molecule has 2 rings (SSSR count). The molecule has 0 aromatic heterocycles. The Morgan fingerprint density at radius 1 is 1.17 bits per heavy atom. The largest absolute Gasteiger partial charge is 0.396 e. The van der Waals surface area contributed by atoms with Gasteiger partial charge in [0.1, 0.15) is 0 Å². The lowest BCUT2D eigenvalue weighted by Gasteiger charge is -2.16. The molecular formula is C15H21NO2. The third-order valence-corrected chi connectivity index (χ3v) is 3.48. The summed E-state index contributed by atoms with van der Waals surface area (Å²) in [6, 6.07) is 6.05. The average Bonchev–Trinajstić information content (AvgIpc) is 2.43. The lowest BCUT2D eigenvalue weighted by Crippen LogP contribution is -2.25. The van der Waals surface area contributed by atoms with Crippen LogP contribution >= 0.6 is 0 Å². The summed E-state index contributed by atoms with van der Waals surface area (Å²) in [5, 5.41) is 11.6. The number of carbonyl (C=O) groups is 1. The molecule has 2 N–H and O–H groups in total. The normalized spacial score (nSPS) is 14.1. The van der Waals surface area contributed by atoms with Crippen molar-refractivity contribution in [2.75, 3.05) is 13.2 Å². The van der Waals surface area contributed by atoms with E-state index in [1.807, 2.05) is 12.1 Å². The second kappa shape index (κ2) is 6.55. The number of fused-ring (bicyclic) bond motifs is 1. The number of carbonyl (C=O) groups excluding carboxylic acids is 1. The Bertz CT molecular complexity index is 415. The van der Waals surface area contributed by atoms with Gasteiger partial charge in [0.25, 0.3) is 5.91 Å². The van der Waals surface area contributed by atoms with Gasteiger partial charge in [0.15, 0.2) is 0 Å². The molecule has 0 radical (unpaired) electrons. The van der Waals surface area contributed by atoms with Crippen LogP contribution in [0.4, 0.5) is 0 Å². The summed E-state index contributed by atoms with van der Waals surface area (Å²) in [5.41, 5.74) is 3.50. The Balaban J connectivity index is 1.94. The zero-order chi connectivity index (χ0) is 12.8. The maximum atomic E-state index is 11.9. The first-order chi connectivity index (χ1) is 8.81. The molecule has 18 heavy (non-hydrogen) atoms. The summed E-state index contributed by atoms with van der Waals surface area (Å²) in [4.78, 5) is 11.9. The van der Waals surface area contributed by atoms with Gasteiger partial charge < -0.3 is 10.4 Å². The third kappa shape index (κ3) is 3.33. The number of aliphatic hydroxyl groups is 1. The average molecular weight is 247 g/mol. The molecule has 0 saturated heterocycles. The standard InChI is InChI=1S/C15H21NO2/c17-10-4-3-9-16-15(18)14-8-7-12-5-1-2-6-13(12)11-14/h7-8,11,17H,1-6,9-10H2,(H,16,18). The molecule has 1 aliphatic rings. The highest BCUT2D eigenvalue weighted by molar-refractivity contribution is 5.94. The number of hydrogen-bond acceptors (Lipinski definition) is 2. The van der Waals surface area contributed by atoms with E-state index in [4.69, 9.17) is 5.11 Å². The minimum absolute atomic E-state index is 0.00122. The van der Waals surface area contributed by atoms with Crippen molar-refractivity contribution in [1.82, 2.24) is 5.32 Å². The SMILES string of the molecule is O=C(NCCCCO)c1ccc2c(c1)CCCC2. The number of amides is 1. The topological polar surface area (TPSA) is 49.3 Å². The molecule has 0 aliphatic heterocycles. The van der Waals surface area contributed by atoms with Gasteiger partial charge in [-0.3, -0.25) is 4.79 Å². The lowest BCUT2D eigenvalue weighted by atomic mass is 9.90. The number of benzene rings is 1. The Kier molecular flexibility index (Phi) is 4.76. The fourth-order valence-corrected chi connectivity index (χ4v) is 2.42. The Morgan fingerprint density at radius 2 is 1.94 bits per heavy atom. The van der Waals surface area contributed by atoms with E-state index in [-0.39, 0.29) is 12.5 Å². The predicted octanol–water partition coefficient (Wildman–Crippen LogP) is 2.07. The van der Waals surface area contributed by atoms with E-state index in [1.165, 1.54) is 24.0 Å². The van der Waals surface area contributed by atoms with E-state index in [2.05, 4.69) is 11.4 Å². The van der Waals surface area contributed by atoms with Crippen LogP contribution < -0.4 is 5.32 Å². The molecular weight excluding hydrogens is 226 g/mol. The van der Waals surface area contributed by atoms with Crippen molar-refractivity contribution in [3.63, 3.8) is 0 Å². The van der Waals surface area contributed by atoms with Crippen LogP contribution in [0.5, 0.6) is 0 Å². The second-order valence-electron chi connectivity index (χ2n) is 4.88. The molecule has 0 atom stereocenters. The van der Waals surface area contributed by atoms with Crippen LogP contribution in [0.25, 0.3) is 0 Å². The maximum absolute atomic E-state index is 11.9. The van der Waals surface area contributed by atoms with Crippen molar-refractivity contribution in [1.29, 1.82) is 0 Å². The van der Waals surface area contributed by atoms with Gasteiger partial charge in [0.05, 0.1) is 0 Å². The molecule has 3 nitrogen and oxygen atoms in total. The first-order valence-corrected chi connectivity index (χ1v) is 6.82. The fraction of sp³-hybridized carbons (Fsp3) is 0.533. The number of aliphatic hydroxyl groups excluding tert-OH is 1. The van der Waals surface area contributed by atoms with Crippen molar-refractivity contribution in [2.24, 2.45) is 0 Å². The van der Waals surface area contributed by atoms with Crippen LogP contribution in [0.1, 0.15) is 47.2 Å². The number of hydrogen-bond donors (Lipinski definition) is 2. The van der Waals surface area contributed by atoms with E-state index < -0.39 is 0 Å². The van der Waals surface area contributed by atoms with Crippen molar-refractivity contribution in [3.8, 4) is 0 Å². The highest BCUT2D eigenvalue weighted by atomic mass is 16.2. The highest BCUT2D eigenvalue weighted by Gasteiger charge is 2.12. The summed E-state index contributed by atoms with van der Waals surface area (Å²) in [6.07, 6.45) is 6.31. The molecule has 1 aromatic rings. The van der Waals surface area contributed by atoms with E-state index in [0.29, 0.717) is 6.54 Å². The van der Waals surface area contributed by atoms with Gasteiger partial charge in [-0.25, -0.2) is 0 Å². The fourth-order valence-electron chi connectivity index (χ4n) is 2.42. The molecule has 0 saturated carbocycles. The minimum Gasteiger partial charge on any atom is -0.396 e. The third-order valence-electron chi connectivity index (χ3n) is 3.48. The van der Waals surface area contributed by atoms with E-state index >= 15 is 0 Å². The van der Waals surface area contributed by atoms with Crippen LogP contribution in [0.3, 0.4) is 0 Å². The minimum atomic E-state index is 0.00122. The smallest absolute Gasteiger partial charge is 0.251 e. The molecule has 0 heterocycles. The quantitative estimate of drug-likeness (QED) is 0.783. The molecule has 98 valence electrons. The zero-order valence-electron chi connectivity index (χ0n) is 10.7. The van der Waals surface area contributed by atoms with Gasteiger partial charge in [0, 0.05) is 18.7 Å². The molecule has 1 aliphatic carbocycles. The number of unbranched alkanes of at least 4 members (excludes halogenated alkanes) is 1. The molecule has 1 amide bonds. The predicted molar refractivity (Wildman–Crippen MR) is 71.7 cm³/mol. The Hall–Kier alpha value is -1.35. The zero-order valence-corrected chi connectivity index (χ0v) is 10.7. The van der Waals surface area contributed by atoms with Crippen molar-refractivity contribution in [2.45, 2.75) is 38.5 Å². The summed E-state index contributed by atoms with van der Waals surface area (Å²) in [7, 11) is 0. The molecule has 0 spiro atoms. The van der Waals surface area contributed by atoms with Crippen LogP contribution in [0.15, 0.2) is 18.2 Å². The second-order valence-corrected chi connectivity index (χ2v) is 4.88. The van der Waals surface area contributed by atoms with Crippen LogP contribution in [-0.2, 0) is 12.8 Å². The van der Waals surface area contributed by atoms with Crippen LogP contribution in [0, 0.1) is 0 Å². The van der Waals surface area contributed by atoms with Gasteiger partial charge in [-0.2, -0.15) is 0 Å². The Labute approximate surface area is 108 Å². The van der Waals surface area contributed by atoms with E-state index in [0.717, 1.165) is 31.2 Å². The lowest BCUT2D eigenvalue weighted by molar-refractivity contribution is 0.0952. The van der Waals surface area contributed by atoms with Crippen molar-refractivity contribution >= 4 is 5.91 Å². The summed E-state index contributed by atoms with van der Waals surface area (Å²) >= 11 is 0. The van der Waals surface area contributed by atoms with Crippen molar-refractivity contribution < 1.29 is 9.90 Å². The monoisotopic (exact) mass is 247 g/mol. The maximum Gasteiger partial charge on any atom is 0.251 e. The van der Waals surface area contributed by atoms with Gasteiger partial charge in [-0.1, -0.05) is 6.07 Å². The molecule has 1 aromatic carbocycles. The number of rotatable bonds is 5. The summed E-state index contributed by atoms with van der Waals surface area (Å²) < 4.78 is 0.